The monoisotopic (exact) mass is 268 g/mol. The van der Waals surface area contributed by atoms with Gasteiger partial charge in [-0.15, -0.1) is 23.1 Å². The highest BCUT2D eigenvalue weighted by Crippen LogP contribution is 2.26. The van der Waals surface area contributed by atoms with Crippen LogP contribution in [0.4, 0.5) is 5.13 Å². The SMILES string of the molecule is CCCNc1ncc(CSc2cnn(C)c2)s1. The van der Waals surface area contributed by atoms with Gasteiger partial charge in [0.2, 0.25) is 0 Å². The fraction of sp³-hybridized carbons (Fsp3) is 0.455. The number of thiazole rings is 1. The van der Waals surface area contributed by atoms with Gasteiger partial charge in [-0.1, -0.05) is 6.92 Å². The number of nitrogens with one attached hydrogen (secondary N) is 1. The molecule has 0 aliphatic carbocycles. The average molecular weight is 268 g/mol. The number of anilines is 1. The Hall–Kier alpha value is -1.01. The van der Waals surface area contributed by atoms with Crippen molar-refractivity contribution in [2.24, 2.45) is 7.05 Å². The van der Waals surface area contributed by atoms with Crippen molar-refractivity contribution in [1.82, 2.24) is 14.8 Å². The van der Waals surface area contributed by atoms with Crippen molar-refractivity contribution < 1.29 is 0 Å². The minimum atomic E-state index is 0.956. The number of nitrogens with zero attached hydrogens (tertiary/aromatic N) is 3. The van der Waals surface area contributed by atoms with Gasteiger partial charge in [0.1, 0.15) is 0 Å². The third-order valence-corrected chi connectivity index (χ3v) is 4.28. The summed E-state index contributed by atoms with van der Waals surface area (Å²) in [6.07, 6.45) is 7.00. The molecule has 6 heteroatoms. The van der Waals surface area contributed by atoms with Crippen LogP contribution in [0.1, 0.15) is 18.2 Å². The van der Waals surface area contributed by atoms with Gasteiger partial charge in [0.25, 0.3) is 0 Å². The summed E-state index contributed by atoms with van der Waals surface area (Å²) in [5, 5.41) is 8.47. The first-order chi connectivity index (χ1) is 8.28. The fourth-order valence-electron chi connectivity index (χ4n) is 1.32. The number of hydrogen-bond donors (Lipinski definition) is 1. The second-order valence-corrected chi connectivity index (χ2v) is 5.86. The molecule has 2 aromatic rings. The van der Waals surface area contributed by atoms with E-state index in [9.17, 15) is 0 Å². The summed E-state index contributed by atoms with van der Waals surface area (Å²) in [5.41, 5.74) is 0. The van der Waals surface area contributed by atoms with E-state index >= 15 is 0 Å². The van der Waals surface area contributed by atoms with E-state index in [2.05, 4.69) is 22.3 Å². The summed E-state index contributed by atoms with van der Waals surface area (Å²) < 4.78 is 1.82. The molecule has 0 unspecified atom stereocenters. The van der Waals surface area contributed by atoms with Gasteiger partial charge in [-0.25, -0.2) is 4.98 Å². The largest absolute Gasteiger partial charge is 0.362 e. The van der Waals surface area contributed by atoms with Crippen LogP contribution in [0.15, 0.2) is 23.5 Å². The standard InChI is InChI=1S/C11H16N4S2/c1-3-4-12-11-13-5-10(17-11)8-16-9-6-14-15(2)7-9/h5-7H,3-4,8H2,1-2H3,(H,12,13). The van der Waals surface area contributed by atoms with Gasteiger partial charge in [-0.05, 0) is 6.42 Å². The van der Waals surface area contributed by atoms with Crippen molar-refractivity contribution >= 4 is 28.2 Å². The van der Waals surface area contributed by atoms with Gasteiger partial charge in [0.05, 0.1) is 6.20 Å². The summed E-state index contributed by atoms with van der Waals surface area (Å²) in [6.45, 7) is 3.14. The Morgan fingerprint density at radius 2 is 2.35 bits per heavy atom. The molecule has 92 valence electrons. The molecule has 4 nitrogen and oxygen atoms in total. The molecule has 0 saturated heterocycles. The molecule has 0 atom stereocenters. The van der Waals surface area contributed by atoms with Crippen LogP contribution in [0.5, 0.6) is 0 Å². The Balaban J connectivity index is 1.84. The fourth-order valence-corrected chi connectivity index (χ4v) is 3.09. The molecule has 17 heavy (non-hydrogen) atoms. The zero-order chi connectivity index (χ0) is 12.1. The molecule has 2 aromatic heterocycles. The Morgan fingerprint density at radius 1 is 1.47 bits per heavy atom. The third-order valence-electron chi connectivity index (χ3n) is 2.14. The van der Waals surface area contributed by atoms with Crippen LogP contribution >= 0.6 is 23.1 Å². The average Bonchev–Trinajstić information content (AvgIpc) is 2.93. The summed E-state index contributed by atoms with van der Waals surface area (Å²) in [4.78, 5) is 6.83. The number of hydrogen-bond acceptors (Lipinski definition) is 5. The lowest BCUT2D eigenvalue weighted by Crippen LogP contribution is -1.97. The molecule has 2 heterocycles. The molecule has 0 aliphatic heterocycles. The van der Waals surface area contributed by atoms with Gasteiger partial charge >= 0.3 is 0 Å². The van der Waals surface area contributed by atoms with Crippen LogP contribution < -0.4 is 5.32 Å². The van der Waals surface area contributed by atoms with Crippen molar-refractivity contribution in [3.8, 4) is 0 Å². The van der Waals surface area contributed by atoms with Crippen LogP contribution in [0.3, 0.4) is 0 Å². The molecule has 0 radical (unpaired) electrons. The molecule has 0 aliphatic rings. The maximum absolute atomic E-state index is 4.34. The van der Waals surface area contributed by atoms with Crippen LogP contribution in [-0.2, 0) is 12.8 Å². The zero-order valence-corrected chi connectivity index (χ0v) is 11.6. The lowest BCUT2D eigenvalue weighted by atomic mass is 10.5. The van der Waals surface area contributed by atoms with E-state index in [0.717, 1.165) is 23.8 Å². The van der Waals surface area contributed by atoms with Crippen molar-refractivity contribution in [3.05, 3.63) is 23.5 Å². The quantitative estimate of drug-likeness (QED) is 0.818. The number of aryl methyl sites for hydroxylation is 1. The predicted molar refractivity (Wildman–Crippen MR) is 73.7 cm³/mol. The molecule has 0 saturated carbocycles. The van der Waals surface area contributed by atoms with Gasteiger partial charge in [0.15, 0.2) is 5.13 Å². The number of thioether (sulfide) groups is 1. The summed E-state index contributed by atoms with van der Waals surface area (Å²) in [5.74, 6) is 0.956. The second-order valence-electron chi connectivity index (χ2n) is 3.70. The lowest BCUT2D eigenvalue weighted by molar-refractivity contribution is 0.766. The first kappa shape index (κ1) is 12.4. The van der Waals surface area contributed by atoms with E-state index < -0.39 is 0 Å². The Morgan fingerprint density at radius 3 is 3.06 bits per heavy atom. The maximum atomic E-state index is 4.34. The molecule has 1 N–H and O–H groups in total. The van der Waals surface area contributed by atoms with Crippen molar-refractivity contribution in [2.45, 2.75) is 24.0 Å². The van der Waals surface area contributed by atoms with Crippen molar-refractivity contribution in [3.63, 3.8) is 0 Å². The first-order valence-electron chi connectivity index (χ1n) is 5.58. The van der Waals surface area contributed by atoms with E-state index in [1.165, 1.54) is 9.77 Å². The summed E-state index contributed by atoms with van der Waals surface area (Å²) in [7, 11) is 1.93. The number of rotatable bonds is 6. The molecule has 0 aromatic carbocycles. The van der Waals surface area contributed by atoms with E-state index in [1.54, 1.807) is 23.1 Å². The van der Waals surface area contributed by atoms with Gasteiger partial charge in [0, 0.05) is 41.5 Å². The Labute approximate surface area is 109 Å². The number of aromatic nitrogens is 3. The molecule has 0 fully saturated rings. The van der Waals surface area contributed by atoms with Gasteiger partial charge in [-0.2, -0.15) is 5.10 Å². The lowest BCUT2D eigenvalue weighted by Gasteiger charge is -1.97. The topological polar surface area (TPSA) is 42.7 Å². The molecule has 2 rings (SSSR count). The predicted octanol–water partition coefficient (Wildman–Crippen LogP) is 2.99. The van der Waals surface area contributed by atoms with Crippen molar-refractivity contribution in [1.29, 1.82) is 0 Å². The van der Waals surface area contributed by atoms with Gasteiger partial charge in [-0.3, -0.25) is 4.68 Å². The minimum absolute atomic E-state index is 0.956. The summed E-state index contributed by atoms with van der Waals surface area (Å²) in [6, 6.07) is 0. The van der Waals surface area contributed by atoms with Crippen LogP contribution in [0.2, 0.25) is 0 Å². The highest BCUT2D eigenvalue weighted by Gasteiger charge is 2.03. The molecular formula is C11H16N4S2. The second kappa shape index (κ2) is 6.07. The Kier molecular flexibility index (Phi) is 4.44. The van der Waals surface area contributed by atoms with Crippen LogP contribution in [-0.4, -0.2) is 21.3 Å². The Bertz CT molecular complexity index is 463. The maximum Gasteiger partial charge on any atom is 0.182 e. The highest BCUT2D eigenvalue weighted by atomic mass is 32.2. The third kappa shape index (κ3) is 3.74. The summed E-state index contributed by atoms with van der Waals surface area (Å²) >= 11 is 3.52. The van der Waals surface area contributed by atoms with Crippen molar-refractivity contribution in [2.75, 3.05) is 11.9 Å². The highest BCUT2D eigenvalue weighted by molar-refractivity contribution is 7.98. The normalized spacial score (nSPS) is 10.7. The molecule has 0 bridgehead atoms. The zero-order valence-electron chi connectivity index (χ0n) is 10.0. The van der Waals surface area contributed by atoms with Crippen LogP contribution in [0.25, 0.3) is 0 Å². The first-order valence-corrected chi connectivity index (χ1v) is 7.38. The van der Waals surface area contributed by atoms with E-state index in [4.69, 9.17) is 0 Å². The molecule has 0 amide bonds. The minimum Gasteiger partial charge on any atom is -0.362 e. The van der Waals surface area contributed by atoms with Crippen LogP contribution in [0, 0.1) is 0 Å². The van der Waals surface area contributed by atoms with E-state index in [-0.39, 0.29) is 0 Å². The van der Waals surface area contributed by atoms with E-state index in [1.807, 2.05) is 30.3 Å². The van der Waals surface area contributed by atoms with Gasteiger partial charge < -0.3 is 5.32 Å². The van der Waals surface area contributed by atoms with E-state index in [0.29, 0.717) is 0 Å². The molecule has 0 spiro atoms. The smallest absolute Gasteiger partial charge is 0.182 e. The molecular weight excluding hydrogens is 252 g/mol.